The lowest BCUT2D eigenvalue weighted by Crippen LogP contribution is -2.35. The summed E-state index contributed by atoms with van der Waals surface area (Å²) in [6.45, 7) is 2.35. The van der Waals surface area contributed by atoms with Gasteiger partial charge in [-0.2, -0.15) is 0 Å². The molecule has 2 aromatic rings. The van der Waals surface area contributed by atoms with Crippen LogP contribution in [-0.4, -0.2) is 4.98 Å². The van der Waals surface area contributed by atoms with Crippen LogP contribution in [0.4, 0.5) is 0 Å². The quantitative estimate of drug-likeness (QED) is 0.661. The number of fused-ring (bicyclic) bond motifs is 1. The molecule has 1 aromatic heterocycles. The summed E-state index contributed by atoms with van der Waals surface area (Å²) in [5.41, 5.74) is 4.39. The summed E-state index contributed by atoms with van der Waals surface area (Å²) < 4.78 is 0. The third-order valence-electron chi connectivity index (χ3n) is 4.68. The highest BCUT2D eigenvalue weighted by Crippen LogP contribution is 2.38. The van der Waals surface area contributed by atoms with E-state index in [0.29, 0.717) is 5.92 Å². The number of rotatable bonds is 3. The molecule has 106 valence electrons. The maximum atomic E-state index is 5.91. The van der Waals surface area contributed by atoms with Crippen molar-refractivity contribution in [2.75, 3.05) is 0 Å². The van der Waals surface area contributed by atoms with E-state index in [0.717, 1.165) is 5.92 Å². The molecule has 1 saturated carbocycles. The fraction of sp³-hybridized carbons (Fsp3) is 0.471. The fourth-order valence-electron chi connectivity index (χ4n) is 3.68. The van der Waals surface area contributed by atoms with Crippen molar-refractivity contribution in [3.05, 3.63) is 42.2 Å². The zero-order valence-corrected chi connectivity index (χ0v) is 12.0. The van der Waals surface area contributed by atoms with Crippen LogP contribution in [0.5, 0.6) is 0 Å². The summed E-state index contributed by atoms with van der Waals surface area (Å²) in [4.78, 5) is 4.21. The Kier molecular flexibility index (Phi) is 3.99. The summed E-state index contributed by atoms with van der Waals surface area (Å²) in [6.07, 6.45) is 8.99. The van der Waals surface area contributed by atoms with E-state index in [2.05, 4.69) is 41.6 Å². The molecule has 0 saturated heterocycles. The Hall–Kier alpha value is -1.45. The highest BCUT2D eigenvalue weighted by atomic mass is 15.2. The van der Waals surface area contributed by atoms with Gasteiger partial charge in [-0.15, -0.1) is 0 Å². The van der Waals surface area contributed by atoms with E-state index in [1.807, 2.05) is 12.4 Å². The first-order valence-electron chi connectivity index (χ1n) is 7.58. The number of nitrogens with two attached hydrogens (primary N) is 1. The predicted molar refractivity (Wildman–Crippen MR) is 82.9 cm³/mol. The third kappa shape index (κ3) is 2.56. The molecule has 1 fully saturated rings. The summed E-state index contributed by atoms with van der Waals surface area (Å²) >= 11 is 0. The first-order valence-corrected chi connectivity index (χ1v) is 7.58. The molecular formula is C17H23N3. The summed E-state index contributed by atoms with van der Waals surface area (Å²) in [5.74, 6) is 7.34. The molecule has 3 N–H and O–H groups in total. The first-order chi connectivity index (χ1) is 9.79. The van der Waals surface area contributed by atoms with Crippen LogP contribution in [0.25, 0.3) is 10.8 Å². The lowest BCUT2D eigenvalue weighted by Gasteiger charge is -2.33. The zero-order valence-electron chi connectivity index (χ0n) is 12.0. The van der Waals surface area contributed by atoms with Crippen molar-refractivity contribution in [2.24, 2.45) is 17.7 Å². The lowest BCUT2D eigenvalue weighted by atomic mass is 9.76. The fourth-order valence-corrected chi connectivity index (χ4v) is 3.68. The molecule has 0 spiro atoms. The van der Waals surface area contributed by atoms with E-state index in [9.17, 15) is 0 Å². The van der Waals surface area contributed by atoms with Gasteiger partial charge in [-0.3, -0.25) is 16.3 Å². The molecular weight excluding hydrogens is 246 g/mol. The van der Waals surface area contributed by atoms with Crippen molar-refractivity contribution in [1.29, 1.82) is 0 Å². The van der Waals surface area contributed by atoms with Gasteiger partial charge < -0.3 is 0 Å². The average molecular weight is 269 g/mol. The minimum atomic E-state index is 0.240. The van der Waals surface area contributed by atoms with Crippen molar-refractivity contribution < 1.29 is 0 Å². The summed E-state index contributed by atoms with van der Waals surface area (Å²) in [6, 6.07) is 8.76. The number of hydrogen-bond donors (Lipinski definition) is 2. The van der Waals surface area contributed by atoms with E-state index in [4.69, 9.17) is 5.84 Å². The normalized spacial score (nSPS) is 24.7. The molecule has 3 unspecified atom stereocenters. The monoisotopic (exact) mass is 269 g/mol. The minimum Gasteiger partial charge on any atom is -0.271 e. The van der Waals surface area contributed by atoms with Gasteiger partial charge in [-0.25, -0.2) is 0 Å². The predicted octanol–water partition coefficient (Wildman–Crippen LogP) is 3.57. The van der Waals surface area contributed by atoms with Gasteiger partial charge in [0, 0.05) is 23.8 Å². The van der Waals surface area contributed by atoms with Crippen LogP contribution in [0, 0.1) is 11.8 Å². The van der Waals surface area contributed by atoms with Crippen molar-refractivity contribution in [3.8, 4) is 0 Å². The second-order valence-electron chi connectivity index (χ2n) is 6.12. The Morgan fingerprint density at radius 3 is 3.00 bits per heavy atom. The minimum absolute atomic E-state index is 0.240. The zero-order chi connectivity index (χ0) is 13.9. The molecule has 1 aliphatic rings. The van der Waals surface area contributed by atoms with Crippen LogP contribution in [0.2, 0.25) is 0 Å². The number of nitrogens with one attached hydrogen (secondary N) is 1. The van der Waals surface area contributed by atoms with Gasteiger partial charge in [0.2, 0.25) is 0 Å². The second kappa shape index (κ2) is 5.90. The number of hydrogen-bond acceptors (Lipinski definition) is 3. The van der Waals surface area contributed by atoms with Gasteiger partial charge in [0.1, 0.15) is 0 Å². The van der Waals surface area contributed by atoms with Gasteiger partial charge in [0.15, 0.2) is 0 Å². The standard InChI is InChI=1S/C17H23N3/c1-12-4-2-5-13(10-12)17(20-18)16-7-3-6-14-11-19-9-8-15(14)16/h3,6-9,11-13,17,20H,2,4-5,10,18H2,1H3. The summed E-state index contributed by atoms with van der Waals surface area (Å²) in [7, 11) is 0. The van der Waals surface area contributed by atoms with Crippen LogP contribution in [0.3, 0.4) is 0 Å². The molecule has 1 aliphatic carbocycles. The molecule has 0 radical (unpaired) electrons. The van der Waals surface area contributed by atoms with Crippen molar-refractivity contribution in [1.82, 2.24) is 10.4 Å². The third-order valence-corrected chi connectivity index (χ3v) is 4.68. The Balaban J connectivity index is 1.98. The van der Waals surface area contributed by atoms with Crippen LogP contribution >= 0.6 is 0 Å². The Morgan fingerprint density at radius 2 is 2.20 bits per heavy atom. The van der Waals surface area contributed by atoms with Gasteiger partial charge >= 0.3 is 0 Å². The van der Waals surface area contributed by atoms with Crippen LogP contribution in [0.1, 0.15) is 44.2 Å². The number of pyridine rings is 1. The lowest BCUT2D eigenvalue weighted by molar-refractivity contribution is 0.225. The molecule has 0 amide bonds. The van der Waals surface area contributed by atoms with Crippen LogP contribution in [0.15, 0.2) is 36.7 Å². The van der Waals surface area contributed by atoms with Gasteiger partial charge in [-0.05, 0) is 41.7 Å². The van der Waals surface area contributed by atoms with Gasteiger partial charge in [0.25, 0.3) is 0 Å². The maximum Gasteiger partial charge on any atom is 0.0494 e. The molecule has 1 aromatic carbocycles. The smallest absolute Gasteiger partial charge is 0.0494 e. The van der Waals surface area contributed by atoms with E-state index in [1.54, 1.807) is 0 Å². The molecule has 1 heterocycles. The van der Waals surface area contributed by atoms with Crippen LogP contribution in [-0.2, 0) is 0 Å². The van der Waals surface area contributed by atoms with Gasteiger partial charge in [-0.1, -0.05) is 38.0 Å². The number of nitrogens with zero attached hydrogens (tertiary/aromatic N) is 1. The van der Waals surface area contributed by atoms with E-state index in [1.165, 1.54) is 42.0 Å². The Morgan fingerprint density at radius 1 is 1.30 bits per heavy atom. The number of benzene rings is 1. The molecule has 3 heteroatoms. The molecule has 0 aliphatic heterocycles. The SMILES string of the molecule is CC1CCCC(C(NN)c2cccc3cnccc23)C1. The highest BCUT2D eigenvalue weighted by Gasteiger charge is 2.28. The second-order valence-corrected chi connectivity index (χ2v) is 6.12. The van der Waals surface area contributed by atoms with Crippen LogP contribution < -0.4 is 11.3 Å². The van der Waals surface area contributed by atoms with E-state index >= 15 is 0 Å². The van der Waals surface area contributed by atoms with E-state index < -0.39 is 0 Å². The molecule has 3 atom stereocenters. The first kappa shape index (κ1) is 13.5. The van der Waals surface area contributed by atoms with Crippen molar-refractivity contribution in [2.45, 2.75) is 38.6 Å². The van der Waals surface area contributed by atoms with Crippen molar-refractivity contribution in [3.63, 3.8) is 0 Å². The van der Waals surface area contributed by atoms with E-state index in [-0.39, 0.29) is 6.04 Å². The Labute approximate surface area is 120 Å². The largest absolute Gasteiger partial charge is 0.271 e. The highest BCUT2D eigenvalue weighted by molar-refractivity contribution is 5.85. The average Bonchev–Trinajstić information content (AvgIpc) is 2.48. The van der Waals surface area contributed by atoms with Crippen molar-refractivity contribution >= 4 is 10.8 Å². The summed E-state index contributed by atoms with van der Waals surface area (Å²) in [5, 5.41) is 2.46. The molecule has 0 bridgehead atoms. The Bertz CT molecular complexity index is 576. The topological polar surface area (TPSA) is 50.9 Å². The molecule has 3 rings (SSSR count). The number of aromatic nitrogens is 1. The molecule has 3 nitrogen and oxygen atoms in total. The molecule has 20 heavy (non-hydrogen) atoms. The number of hydrazine groups is 1. The van der Waals surface area contributed by atoms with Gasteiger partial charge in [0.05, 0.1) is 0 Å². The maximum absolute atomic E-state index is 5.91.